The Kier molecular flexibility index (Phi) is 5.35. The molecule has 2 aromatic rings. The lowest BCUT2D eigenvalue weighted by atomic mass is 10.3. The first kappa shape index (κ1) is 18.5. The zero-order valence-corrected chi connectivity index (χ0v) is 15.7. The SMILES string of the molecule is C/C(=N/Nc1ccc(S(=O)(=O)N2CCCC2)cc1[N+](=O)[O-])c1cccs1. The fourth-order valence-corrected chi connectivity index (χ4v) is 4.89. The summed E-state index contributed by atoms with van der Waals surface area (Å²) >= 11 is 1.51. The van der Waals surface area contributed by atoms with Crippen LogP contribution in [0.5, 0.6) is 0 Å². The number of nitro benzene ring substituents is 1. The number of rotatable bonds is 6. The summed E-state index contributed by atoms with van der Waals surface area (Å²) < 4.78 is 26.6. The lowest BCUT2D eigenvalue weighted by Gasteiger charge is -2.15. The topological polar surface area (TPSA) is 105 Å². The van der Waals surface area contributed by atoms with Crippen LogP contribution in [0.15, 0.2) is 45.7 Å². The van der Waals surface area contributed by atoms with Gasteiger partial charge in [0.1, 0.15) is 5.69 Å². The predicted octanol–water partition coefficient (Wildman–Crippen LogP) is 3.28. The van der Waals surface area contributed by atoms with Crippen LogP contribution >= 0.6 is 11.3 Å². The summed E-state index contributed by atoms with van der Waals surface area (Å²) in [5, 5.41) is 17.5. The third-order valence-electron chi connectivity index (χ3n) is 4.09. The molecule has 0 radical (unpaired) electrons. The number of nitro groups is 1. The van der Waals surface area contributed by atoms with E-state index in [1.165, 1.54) is 27.8 Å². The molecule has 1 aliphatic rings. The van der Waals surface area contributed by atoms with Crippen LogP contribution in [-0.2, 0) is 10.0 Å². The van der Waals surface area contributed by atoms with Gasteiger partial charge in [0, 0.05) is 24.0 Å². The summed E-state index contributed by atoms with van der Waals surface area (Å²) in [5.74, 6) is 0. The zero-order valence-electron chi connectivity index (χ0n) is 14.1. The van der Waals surface area contributed by atoms with E-state index in [1.54, 1.807) is 6.92 Å². The van der Waals surface area contributed by atoms with Gasteiger partial charge in [-0.2, -0.15) is 9.41 Å². The second-order valence-corrected chi connectivity index (χ2v) is 8.72. The van der Waals surface area contributed by atoms with Gasteiger partial charge in [0.15, 0.2) is 0 Å². The lowest BCUT2D eigenvalue weighted by Crippen LogP contribution is -2.27. The molecular weight excluding hydrogens is 376 g/mol. The lowest BCUT2D eigenvalue weighted by molar-refractivity contribution is -0.384. The smallest absolute Gasteiger partial charge is 0.271 e. The first-order valence-electron chi connectivity index (χ1n) is 8.02. The highest BCUT2D eigenvalue weighted by molar-refractivity contribution is 7.89. The van der Waals surface area contributed by atoms with Crippen LogP contribution < -0.4 is 5.43 Å². The number of hydrogen-bond acceptors (Lipinski definition) is 7. The number of benzene rings is 1. The Hall–Kier alpha value is -2.30. The number of hydrogen-bond donors (Lipinski definition) is 1. The zero-order chi connectivity index (χ0) is 18.7. The van der Waals surface area contributed by atoms with Crippen molar-refractivity contribution in [2.24, 2.45) is 5.10 Å². The van der Waals surface area contributed by atoms with Gasteiger partial charge < -0.3 is 0 Å². The molecular formula is C16H18N4O4S2. The fourth-order valence-electron chi connectivity index (χ4n) is 2.68. The first-order valence-corrected chi connectivity index (χ1v) is 10.3. The Labute approximate surface area is 155 Å². The Balaban J connectivity index is 1.90. The molecule has 1 N–H and O–H groups in total. The van der Waals surface area contributed by atoms with Crippen LogP contribution in [0.3, 0.4) is 0 Å². The molecule has 0 amide bonds. The van der Waals surface area contributed by atoms with E-state index in [9.17, 15) is 18.5 Å². The fraction of sp³-hybridized carbons (Fsp3) is 0.312. The van der Waals surface area contributed by atoms with E-state index in [2.05, 4.69) is 10.5 Å². The molecule has 8 nitrogen and oxygen atoms in total. The molecule has 0 saturated carbocycles. The molecule has 1 fully saturated rings. The summed E-state index contributed by atoms with van der Waals surface area (Å²) in [6.07, 6.45) is 1.61. The average Bonchev–Trinajstić information content (AvgIpc) is 3.32. The average molecular weight is 394 g/mol. The van der Waals surface area contributed by atoms with Gasteiger partial charge in [0.05, 0.1) is 15.5 Å². The maximum atomic E-state index is 12.6. The molecule has 10 heteroatoms. The number of hydrazone groups is 1. The van der Waals surface area contributed by atoms with Gasteiger partial charge >= 0.3 is 0 Å². The van der Waals surface area contributed by atoms with Gasteiger partial charge in [0.25, 0.3) is 5.69 Å². The van der Waals surface area contributed by atoms with Crippen molar-refractivity contribution in [3.63, 3.8) is 0 Å². The highest BCUT2D eigenvalue weighted by Gasteiger charge is 2.29. The molecule has 1 aromatic carbocycles. The summed E-state index contributed by atoms with van der Waals surface area (Å²) in [4.78, 5) is 11.7. The number of nitrogens with zero attached hydrogens (tertiary/aromatic N) is 3. The molecule has 0 aliphatic carbocycles. The van der Waals surface area contributed by atoms with Gasteiger partial charge in [-0.15, -0.1) is 11.3 Å². The second-order valence-electron chi connectivity index (χ2n) is 5.83. The van der Waals surface area contributed by atoms with E-state index in [0.717, 1.165) is 23.8 Å². The maximum absolute atomic E-state index is 12.6. The maximum Gasteiger partial charge on any atom is 0.295 e. The normalized spacial score (nSPS) is 16.0. The quantitative estimate of drug-likeness (QED) is 0.460. The van der Waals surface area contributed by atoms with Crippen LogP contribution in [0.25, 0.3) is 0 Å². The molecule has 2 heterocycles. The number of anilines is 1. The van der Waals surface area contributed by atoms with E-state index in [-0.39, 0.29) is 16.3 Å². The highest BCUT2D eigenvalue weighted by Crippen LogP contribution is 2.30. The Morgan fingerprint density at radius 3 is 2.65 bits per heavy atom. The number of sulfonamides is 1. The molecule has 0 spiro atoms. The van der Waals surface area contributed by atoms with Gasteiger partial charge in [-0.05, 0) is 43.3 Å². The third kappa shape index (κ3) is 3.76. The minimum absolute atomic E-state index is 0.0735. The Morgan fingerprint density at radius 2 is 2.04 bits per heavy atom. The molecule has 1 saturated heterocycles. The Morgan fingerprint density at radius 1 is 1.31 bits per heavy atom. The molecule has 26 heavy (non-hydrogen) atoms. The molecule has 0 atom stereocenters. The summed E-state index contributed by atoms with van der Waals surface area (Å²) in [6, 6.07) is 7.63. The molecule has 3 rings (SSSR count). The van der Waals surface area contributed by atoms with Crippen LogP contribution in [0.4, 0.5) is 11.4 Å². The van der Waals surface area contributed by atoms with Crippen molar-refractivity contribution in [3.8, 4) is 0 Å². The van der Waals surface area contributed by atoms with E-state index in [0.29, 0.717) is 18.8 Å². The third-order valence-corrected chi connectivity index (χ3v) is 6.96. The van der Waals surface area contributed by atoms with E-state index >= 15 is 0 Å². The molecule has 0 bridgehead atoms. The summed E-state index contributed by atoms with van der Waals surface area (Å²) in [7, 11) is -3.71. The van der Waals surface area contributed by atoms with Crippen molar-refractivity contribution < 1.29 is 13.3 Å². The van der Waals surface area contributed by atoms with Crippen molar-refractivity contribution in [3.05, 3.63) is 50.7 Å². The van der Waals surface area contributed by atoms with Gasteiger partial charge in [-0.1, -0.05) is 6.07 Å². The minimum atomic E-state index is -3.71. The second kappa shape index (κ2) is 7.52. The highest BCUT2D eigenvalue weighted by atomic mass is 32.2. The van der Waals surface area contributed by atoms with Gasteiger partial charge in [0.2, 0.25) is 10.0 Å². The van der Waals surface area contributed by atoms with Crippen molar-refractivity contribution in [1.29, 1.82) is 0 Å². The molecule has 138 valence electrons. The van der Waals surface area contributed by atoms with Crippen LogP contribution in [-0.4, -0.2) is 36.4 Å². The van der Waals surface area contributed by atoms with Crippen LogP contribution in [0.2, 0.25) is 0 Å². The van der Waals surface area contributed by atoms with Crippen LogP contribution in [0, 0.1) is 10.1 Å². The largest absolute Gasteiger partial charge is 0.295 e. The molecule has 1 aromatic heterocycles. The van der Waals surface area contributed by atoms with Crippen molar-refractivity contribution in [1.82, 2.24) is 4.31 Å². The summed E-state index contributed by atoms with van der Waals surface area (Å²) in [5.41, 5.74) is 3.18. The van der Waals surface area contributed by atoms with Crippen LogP contribution in [0.1, 0.15) is 24.6 Å². The number of thiophene rings is 1. The monoisotopic (exact) mass is 394 g/mol. The van der Waals surface area contributed by atoms with E-state index in [1.807, 2.05) is 17.5 Å². The van der Waals surface area contributed by atoms with E-state index < -0.39 is 14.9 Å². The first-order chi connectivity index (χ1) is 12.4. The molecule has 1 aliphatic heterocycles. The van der Waals surface area contributed by atoms with Gasteiger partial charge in [-0.3, -0.25) is 15.5 Å². The van der Waals surface area contributed by atoms with E-state index in [4.69, 9.17) is 0 Å². The standard InChI is InChI=1S/C16H18N4O4S2/c1-12(16-5-4-10-25-16)17-18-14-7-6-13(11-15(14)20(21)22)26(23,24)19-8-2-3-9-19/h4-7,10-11,18H,2-3,8-9H2,1H3/b17-12-. The number of nitrogens with one attached hydrogen (secondary N) is 1. The van der Waals surface area contributed by atoms with Crippen molar-refractivity contribution in [2.75, 3.05) is 18.5 Å². The summed E-state index contributed by atoms with van der Waals surface area (Å²) in [6.45, 7) is 2.68. The molecule has 0 unspecified atom stereocenters. The predicted molar refractivity (Wildman–Crippen MR) is 101 cm³/mol. The minimum Gasteiger partial charge on any atom is -0.271 e. The van der Waals surface area contributed by atoms with Gasteiger partial charge in [-0.25, -0.2) is 8.42 Å². The Bertz CT molecular complexity index is 933. The van der Waals surface area contributed by atoms with Crippen molar-refractivity contribution in [2.45, 2.75) is 24.7 Å². The van der Waals surface area contributed by atoms with Crippen molar-refractivity contribution >= 4 is 38.4 Å².